The van der Waals surface area contributed by atoms with E-state index in [0.717, 1.165) is 45.0 Å². The summed E-state index contributed by atoms with van der Waals surface area (Å²) in [5, 5.41) is 15.0. The van der Waals surface area contributed by atoms with Crippen molar-refractivity contribution in [3.8, 4) is 0 Å². The Morgan fingerprint density at radius 1 is 1.10 bits per heavy atom. The number of tetrazole rings is 1. The lowest BCUT2D eigenvalue weighted by molar-refractivity contribution is -0.934. The molecule has 0 radical (unpaired) electrons. The molecule has 160 valence electrons. The van der Waals surface area contributed by atoms with E-state index in [9.17, 15) is 0 Å². The molecule has 1 aliphatic heterocycles. The molecule has 1 aliphatic rings. The third kappa shape index (κ3) is 4.57. The number of anilines is 1. The Balaban J connectivity index is 1.51. The maximum absolute atomic E-state index is 4.50. The third-order valence-corrected chi connectivity index (χ3v) is 7.14. The van der Waals surface area contributed by atoms with Crippen LogP contribution >= 0.6 is 11.3 Å². The van der Waals surface area contributed by atoms with Crippen molar-refractivity contribution in [2.45, 2.75) is 46.7 Å². The minimum absolute atomic E-state index is 0.334. The van der Waals surface area contributed by atoms with Gasteiger partial charge in [-0.25, -0.2) is 4.68 Å². The zero-order chi connectivity index (χ0) is 21.1. The van der Waals surface area contributed by atoms with Crippen molar-refractivity contribution < 1.29 is 4.90 Å². The fourth-order valence-electron chi connectivity index (χ4n) is 4.51. The lowest BCUT2D eigenvalue weighted by Crippen LogP contribution is -3.15. The minimum atomic E-state index is 0.334. The summed E-state index contributed by atoms with van der Waals surface area (Å²) in [5.41, 5.74) is 4.16. The van der Waals surface area contributed by atoms with E-state index < -0.39 is 0 Å². The van der Waals surface area contributed by atoms with Gasteiger partial charge in [0.25, 0.3) is 0 Å². The van der Waals surface area contributed by atoms with E-state index in [1.54, 1.807) is 16.2 Å². The van der Waals surface area contributed by atoms with Crippen LogP contribution in [0.4, 0.5) is 5.69 Å². The second-order valence-electron chi connectivity index (χ2n) is 8.82. The zero-order valence-electron chi connectivity index (χ0n) is 18.5. The van der Waals surface area contributed by atoms with E-state index in [2.05, 4.69) is 83.8 Å². The Kier molecular flexibility index (Phi) is 6.49. The predicted octanol–water partition coefficient (Wildman–Crippen LogP) is 2.89. The van der Waals surface area contributed by atoms with Crippen molar-refractivity contribution in [2.75, 3.05) is 31.1 Å². The molecule has 30 heavy (non-hydrogen) atoms. The molecule has 0 saturated carbocycles. The number of aryl methyl sites for hydroxylation is 1. The smallest absolute Gasteiger partial charge is 0.209 e. The molecule has 1 atom stereocenters. The van der Waals surface area contributed by atoms with Gasteiger partial charge in [-0.3, -0.25) is 0 Å². The fourth-order valence-corrected chi connectivity index (χ4v) is 5.20. The normalized spacial score (nSPS) is 16.4. The first kappa shape index (κ1) is 21.0. The number of hydrogen-bond donors (Lipinski definition) is 1. The molecular weight excluding hydrogens is 392 g/mol. The monoisotopic (exact) mass is 425 g/mol. The van der Waals surface area contributed by atoms with Gasteiger partial charge in [-0.15, -0.1) is 16.4 Å². The first-order valence-electron chi connectivity index (χ1n) is 11.0. The maximum Gasteiger partial charge on any atom is 0.209 e. The lowest BCUT2D eigenvalue weighted by atomic mass is 10.0. The van der Waals surface area contributed by atoms with Gasteiger partial charge >= 0.3 is 0 Å². The number of hydrogen-bond acceptors (Lipinski definition) is 5. The third-order valence-electron chi connectivity index (χ3n) is 6.28. The molecule has 0 bridgehead atoms. The van der Waals surface area contributed by atoms with E-state index >= 15 is 0 Å². The molecule has 0 unspecified atom stereocenters. The lowest BCUT2D eigenvalue weighted by Gasteiger charge is -2.38. The van der Waals surface area contributed by atoms with Crippen LogP contribution < -0.4 is 9.80 Å². The van der Waals surface area contributed by atoms with Crippen LogP contribution in [0.2, 0.25) is 0 Å². The fraction of sp³-hybridized carbons (Fsp3) is 0.522. The molecule has 1 N–H and O–H groups in total. The Bertz CT molecular complexity index is 941. The van der Waals surface area contributed by atoms with E-state index in [0.29, 0.717) is 12.0 Å². The average molecular weight is 426 g/mol. The Morgan fingerprint density at radius 2 is 1.90 bits per heavy atom. The highest BCUT2D eigenvalue weighted by atomic mass is 32.1. The van der Waals surface area contributed by atoms with Crippen molar-refractivity contribution >= 4 is 17.0 Å². The van der Waals surface area contributed by atoms with Gasteiger partial charge in [-0.2, -0.15) is 0 Å². The van der Waals surface area contributed by atoms with Gasteiger partial charge in [0.1, 0.15) is 6.04 Å². The van der Waals surface area contributed by atoms with Crippen LogP contribution in [0.1, 0.15) is 48.1 Å². The molecule has 1 fully saturated rings. The highest BCUT2D eigenvalue weighted by molar-refractivity contribution is 7.09. The summed E-state index contributed by atoms with van der Waals surface area (Å²) in [5.74, 6) is 1.64. The topological polar surface area (TPSA) is 51.3 Å². The number of nitrogens with one attached hydrogen (secondary N) is 1. The van der Waals surface area contributed by atoms with Gasteiger partial charge in [-0.05, 0) is 58.8 Å². The summed E-state index contributed by atoms with van der Waals surface area (Å²) in [4.78, 5) is 5.45. The highest BCUT2D eigenvalue weighted by Crippen LogP contribution is 2.23. The number of nitrogens with zero attached hydrogens (tertiary/aromatic N) is 5. The van der Waals surface area contributed by atoms with Crippen molar-refractivity contribution in [1.29, 1.82) is 0 Å². The van der Waals surface area contributed by atoms with E-state index in [4.69, 9.17) is 0 Å². The molecule has 2 aromatic heterocycles. The molecule has 4 rings (SSSR count). The molecule has 0 aliphatic carbocycles. The number of thiophene rings is 1. The minimum Gasteiger partial charge on any atom is -0.360 e. The van der Waals surface area contributed by atoms with E-state index in [1.807, 2.05) is 4.68 Å². The average Bonchev–Trinajstić information content (AvgIpc) is 3.41. The van der Waals surface area contributed by atoms with E-state index in [1.165, 1.54) is 21.7 Å². The number of benzene rings is 1. The largest absolute Gasteiger partial charge is 0.360 e. The second kappa shape index (κ2) is 9.27. The van der Waals surface area contributed by atoms with Crippen LogP contribution in [-0.2, 0) is 6.54 Å². The van der Waals surface area contributed by atoms with Crippen molar-refractivity contribution in [3.63, 3.8) is 0 Å². The zero-order valence-corrected chi connectivity index (χ0v) is 19.3. The Labute approximate surface area is 183 Å². The van der Waals surface area contributed by atoms with Crippen LogP contribution in [0.3, 0.4) is 0 Å². The Hall–Kier alpha value is -2.25. The maximum atomic E-state index is 4.50. The molecule has 3 heterocycles. The van der Waals surface area contributed by atoms with Crippen LogP contribution in [0.15, 0.2) is 35.7 Å². The number of piperazine rings is 1. The van der Waals surface area contributed by atoms with Gasteiger partial charge in [0.15, 0.2) is 0 Å². The quantitative estimate of drug-likeness (QED) is 0.632. The molecule has 0 amide bonds. The standard InChI is InChI=1S/C23H32N6S/c1-17(2)15-22(23-24-25-26-29(23)16-20-8-6-14-30-20)28-12-10-27(11-13-28)21-9-5-7-18(3)19(21)4/h5-9,14,17,22H,10-13,15-16H2,1-4H3/p+1/t22-/m1/s1. The molecule has 3 aromatic rings. The van der Waals surface area contributed by atoms with E-state index in [-0.39, 0.29) is 0 Å². The molecule has 0 spiro atoms. The molecule has 1 aromatic carbocycles. The van der Waals surface area contributed by atoms with Crippen molar-refractivity contribution in [3.05, 3.63) is 57.5 Å². The summed E-state index contributed by atoms with van der Waals surface area (Å²) < 4.78 is 2.02. The molecule has 6 nitrogen and oxygen atoms in total. The molecule has 7 heteroatoms. The first-order chi connectivity index (χ1) is 14.5. The number of quaternary nitrogens is 1. The van der Waals surface area contributed by atoms with Gasteiger partial charge < -0.3 is 9.80 Å². The molecule has 1 saturated heterocycles. The summed E-state index contributed by atoms with van der Waals surface area (Å²) in [6.07, 6.45) is 1.10. The van der Waals surface area contributed by atoms with Crippen molar-refractivity contribution in [1.82, 2.24) is 20.2 Å². The van der Waals surface area contributed by atoms with Gasteiger partial charge in [0.05, 0.1) is 32.7 Å². The van der Waals surface area contributed by atoms with Gasteiger partial charge in [0, 0.05) is 17.0 Å². The van der Waals surface area contributed by atoms with Crippen LogP contribution in [0.25, 0.3) is 0 Å². The number of rotatable bonds is 7. The second-order valence-corrected chi connectivity index (χ2v) is 9.85. The highest BCUT2D eigenvalue weighted by Gasteiger charge is 2.33. The van der Waals surface area contributed by atoms with Gasteiger partial charge in [-0.1, -0.05) is 32.0 Å². The van der Waals surface area contributed by atoms with Crippen LogP contribution in [-0.4, -0.2) is 46.4 Å². The summed E-state index contributed by atoms with van der Waals surface area (Å²) in [7, 11) is 0. The number of aromatic nitrogens is 4. The summed E-state index contributed by atoms with van der Waals surface area (Å²) >= 11 is 1.76. The van der Waals surface area contributed by atoms with Crippen LogP contribution in [0.5, 0.6) is 0 Å². The predicted molar refractivity (Wildman–Crippen MR) is 122 cm³/mol. The SMILES string of the molecule is Cc1cccc(N2CC[NH+]([C@H](CC(C)C)c3nnnn3Cc3cccs3)CC2)c1C. The Morgan fingerprint density at radius 3 is 2.60 bits per heavy atom. The first-order valence-corrected chi connectivity index (χ1v) is 11.8. The van der Waals surface area contributed by atoms with Crippen LogP contribution in [0, 0.1) is 19.8 Å². The van der Waals surface area contributed by atoms with Crippen molar-refractivity contribution in [2.24, 2.45) is 5.92 Å². The van der Waals surface area contributed by atoms with Gasteiger partial charge in [0.2, 0.25) is 5.82 Å². The molecular formula is C23H33N6S+. The summed E-state index contributed by atoms with van der Waals surface area (Å²) in [6, 6.07) is 11.2. The summed E-state index contributed by atoms with van der Waals surface area (Å²) in [6.45, 7) is 14.2.